The SMILES string of the molecule is c1ccc(-c2ccc(N(c3ccc(-c4ccccc4)cc3)c3ccc(-c4ccc(-c5c6ccccc6c(-c6ccccc6)c6ccccc56)s4)cc3)cc2)cc1. The zero-order valence-corrected chi connectivity index (χ0v) is 31.5. The molecule has 1 aromatic heterocycles. The van der Waals surface area contributed by atoms with Gasteiger partial charge in [0.2, 0.25) is 0 Å². The van der Waals surface area contributed by atoms with E-state index in [1.54, 1.807) is 0 Å². The van der Waals surface area contributed by atoms with Crippen LogP contribution in [0.3, 0.4) is 0 Å². The first-order valence-corrected chi connectivity index (χ1v) is 19.9. The number of rotatable bonds is 8. The quantitative estimate of drug-likeness (QED) is 0.141. The number of thiophene rings is 1. The van der Waals surface area contributed by atoms with Crippen molar-refractivity contribution >= 4 is 49.9 Å². The second-order valence-corrected chi connectivity index (χ2v) is 15.2. The van der Waals surface area contributed by atoms with Crippen molar-refractivity contribution in [1.29, 1.82) is 0 Å². The molecule has 264 valence electrons. The van der Waals surface area contributed by atoms with Crippen LogP contribution in [-0.2, 0) is 0 Å². The lowest BCUT2D eigenvalue weighted by molar-refractivity contribution is 1.28. The summed E-state index contributed by atoms with van der Waals surface area (Å²) in [7, 11) is 0. The molecule has 1 nitrogen and oxygen atoms in total. The second-order valence-electron chi connectivity index (χ2n) is 14.1. The van der Waals surface area contributed by atoms with Gasteiger partial charge in [0.05, 0.1) is 0 Å². The molecule has 0 unspecified atom stereocenters. The fourth-order valence-corrected chi connectivity index (χ4v) is 9.11. The predicted octanol–water partition coefficient (Wildman–Crippen LogP) is 15.9. The maximum absolute atomic E-state index is 2.35. The Kier molecular flexibility index (Phi) is 8.79. The van der Waals surface area contributed by atoms with Gasteiger partial charge in [0, 0.05) is 32.4 Å². The molecule has 0 aliphatic carbocycles. The summed E-state index contributed by atoms with van der Waals surface area (Å²) in [5, 5.41) is 5.11. The van der Waals surface area contributed by atoms with Crippen molar-refractivity contribution in [1.82, 2.24) is 0 Å². The van der Waals surface area contributed by atoms with Gasteiger partial charge in [0.25, 0.3) is 0 Å². The molecule has 0 bridgehead atoms. The third kappa shape index (κ3) is 6.26. The number of nitrogens with zero attached hydrogens (tertiary/aromatic N) is 1. The smallest absolute Gasteiger partial charge is 0.0462 e. The molecule has 1 heterocycles. The fraction of sp³-hybridized carbons (Fsp3) is 0. The molecular formula is C54H37NS. The van der Waals surface area contributed by atoms with E-state index in [-0.39, 0.29) is 0 Å². The zero-order valence-electron chi connectivity index (χ0n) is 30.7. The molecule has 0 atom stereocenters. The van der Waals surface area contributed by atoms with Crippen LogP contribution in [0.25, 0.3) is 75.8 Å². The Labute approximate surface area is 332 Å². The molecule has 0 aliphatic rings. The van der Waals surface area contributed by atoms with E-state index in [0.29, 0.717) is 0 Å². The van der Waals surface area contributed by atoms with Crippen LogP contribution in [0.15, 0.2) is 224 Å². The third-order valence-electron chi connectivity index (χ3n) is 10.7. The lowest BCUT2D eigenvalue weighted by Crippen LogP contribution is -2.09. The van der Waals surface area contributed by atoms with Crippen molar-refractivity contribution in [3.8, 4) is 54.3 Å². The zero-order chi connectivity index (χ0) is 37.3. The van der Waals surface area contributed by atoms with E-state index in [4.69, 9.17) is 0 Å². The van der Waals surface area contributed by atoms with Crippen molar-refractivity contribution in [3.63, 3.8) is 0 Å². The van der Waals surface area contributed by atoms with Crippen LogP contribution < -0.4 is 4.90 Å². The van der Waals surface area contributed by atoms with Crippen molar-refractivity contribution in [2.24, 2.45) is 0 Å². The lowest BCUT2D eigenvalue weighted by Gasteiger charge is -2.26. The summed E-state index contributed by atoms with van der Waals surface area (Å²) in [5.74, 6) is 0. The van der Waals surface area contributed by atoms with Gasteiger partial charge < -0.3 is 4.90 Å². The van der Waals surface area contributed by atoms with Gasteiger partial charge in [0.1, 0.15) is 0 Å². The van der Waals surface area contributed by atoms with Crippen LogP contribution in [0, 0.1) is 0 Å². The van der Waals surface area contributed by atoms with Gasteiger partial charge in [-0.05, 0) is 109 Å². The third-order valence-corrected chi connectivity index (χ3v) is 11.9. The fourth-order valence-electron chi connectivity index (χ4n) is 8.03. The number of anilines is 3. The first-order chi connectivity index (χ1) is 27.8. The maximum atomic E-state index is 2.35. The minimum atomic E-state index is 1.11. The van der Waals surface area contributed by atoms with Crippen molar-refractivity contribution in [2.75, 3.05) is 4.90 Å². The largest absolute Gasteiger partial charge is 0.311 e. The van der Waals surface area contributed by atoms with E-state index in [0.717, 1.165) is 17.1 Å². The molecule has 56 heavy (non-hydrogen) atoms. The molecule has 9 aromatic carbocycles. The summed E-state index contributed by atoms with van der Waals surface area (Å²) >= 11 is 1.86. The van der Waals surface area contributed by atoms with E-state index in [9.17, 15) is 0 Å². The molecule has 0 amide bonds. The van der Waals surface area contributed by atoms with E-state index in [2.05, 4.69) is 229 Å². The van der Waals surface area contributed by atoms with E-state index in [1.165, 1.54) is 75.8 Å². The first-order valence-electron chi connectivity index (χ1n) is 19.1. The Morgan fingerprint density at radius 3 is 0.982 bits per heavy atom. The maximum Gasteiger partial charge on any atom is 0.0462 e. The van der Waals surface area contributed by atoms with Gasteiger partial charge in [-0.3, -0.25) is 0 Å². The highest BCUT2D eigenvalue weighted by Gasteiger charge is 2.19. The van der Waals surface area contributed by atoms with Gasteiger partial charge in [-0.15, -0.1) is 11.3 Å². The Bertz CT molecular complexity index is 2770. The number of benzene rings is 9. The van der Waals surface area contributed by atoms with Crippen LogP contribution in [0.1, 0.15) is 0 Å². The molecule has 2 heteroatoms. The summed E-state index contributed by atoms with van der Waals surface area (Å²) in [4.78, 5) is 4.87. The van der Waals surface area contributed by atoms with Gasteiger partial charge in [-0.1, -0.05) is 176 Å². The highest BCUT2D eigenvalue weighted by atomic mass is 32.1. The van der Waals surface area contributed by atoms with Gasteiger partial charge in [-0.25, -0.2) is 0 Å². The average Bonchev–Trinajstić information content (AvgIpc) is 3.77. The molecular weight excluding hydrogens is 695 g/mol. The highest BCUT2D eigenvalue weighted by Crippen LogP contribution is 2.47. The number of hydrogen-bond acceptors (Lipinski definition) is 2. The minimum absolute atomic E-state index is 1.11. The van der Waals surface area contributed by atoms with Gasteiger partial charge in [-0.2, -0.15) is 0 Å². The molecule has 0 aliphatic heterocycles. The topological polar surface area (TPSA) is 3.24 Å². The molecule has 0 fully saturated rings. The van der Waals surface area contributed by atoms with Crippen molar-refractivity contribution < 1.29 is 0 Å². The molecule has 0 N–H and O–H groups in total. The molecule has 0 radical (unpaired) electrons. The highest BCUT2D eigenvalue weighted by molar-refractivity contribution is 7.19. The molecule has 0 saturated heterocycles. The van der Waals surface area contributed by atoms with Crippen LogP contribution in [-0.4, -0.2) is 0 Å². The second kappa shape index (κ2) is 14.7. The van der Waals surface area contributed by atoms with Gasteiger partial charge >= 0.3 is 0 Å². The molecule has 0 saturated carbocycles. The summed E-state index contributed by atoms with van der Waals surface area (Å²) in [6.07, 6.45) is 0. The Hall–Kier alpha value is -7.00. The Balaban J connectivity index is 1.03. The van der Waals surface area contributed by atoms with Crippen LogP contribution in [0.4, 0.5) is 17.1 Å². The predicted molar refractivity (Wildman–Crippen MR) is 241 cm³/mol. The van der Waals surface area contributed by atoms with E-state index >= 15 is 0 Å². The first kappa shape index (κ1) is 33.6. The standard InChI is InChI=1S/C54H37NS/c1-4-14-38(15-5-1)40-24-30-44(31-25-40)55(45-32-26-41(27-33-45)39-16-6-2-7-17-39)46-34-28-42(29-35-46)51-36-37-52(56-51)54-49-22-12-10-20-47(49)53(43-18-8-3-9-19-43)48-21-11-13-23-50(48)54/h1-37H. The van der Waals surface area contributed by atoms with Crippen LogP contribution in [0.5, 0.6) is 0 Å². The Morgan fingerprint density at radius 1 is 0.232 bits per heavy atom. The molecule has 10 aromatic rings. The summed E-state index contributed by atoms with van der Waals surface area (Å²) in [6.45, 7) is 0. The van der Waals surface area contributed by atoms with E-state index < -0.39 is 0 Å². The van der Waals surface area contributed by atoms with Crippen LogP contribution >= 0.6 is 11.3 Å². The summed E-state index contributed by atoms with van der Waals surface area (Å²) < 4.78 is 0. The monoisotopic (exact) mass is 731 g/mol. The van der Waals surface area contributed by atoms with Crippen molar-refractivity contribution in [2.45, 2.75) is 0 Å². The van der Waals surface area contributed by atoms with E-state index in [1.807, 2.05) is 11.3 Å². The molecule has 0 spiro atoms. The average molecular weight is 732 g/mol. The number of fused-ring (bicyclic) bond motifs is 2. The minimum Gasteiger partial charge on any atom is -0.311 e. The molecule has 10 rings (SSSR count). The summed E-state index contributed by atoms with van der Waals surface area (Å²) in [6, 6.07) is 81.1. The van der Waals surface area contributed by atoms with Crippen LogP contribution in [0.2, 0.25) is 0 Å². The number of hydrogen-bond donors (Lipinski definition) is 0. The normalized spacial score (nSPS) is 11.2. The Morgan fingerprint density at radius 2 is 0.554 bits per heavy atom. The van der Waals surface area contributed by atoms with Gasteiger partial charge in [0.15, 0.2) is 0 Å². The lowest BCUT2D eigenvalue weighted by atomic mass is 9.88. The summed E-state index contributed by atoms with van der Waals surface area (Å²) in [5.41, 5.74) is 13.2. The van der Waals surface area contributed by atoms with Crippen molar-refractivity contribution in [3.05, 3.63) is 224 Å².